The molecule has 0 N–H and O–H groups in total. The van der Waals surface area contributed by atoms with Crippen LogP contribution in [0, 0.1) is 5.41 Å². The molecule has 0 rings (SSSR count). The first kappa shape index (κ1) is 26.1. The van der Waals surface area contributed by atoms with Crippen LogP contribution in [0.4, 0.5) is 0 Å². The highest BCUT2D eigenvalue weighted by Crippen LogP contribution is 2.41. The monoisotopic (exact) mass is 387 g/mol. The Bertz CT molecular complexity index is 314. The van der Waals surface area contributed by atoms with Gasteiger partial charge in [-0.3, -0.25) is 0 Å². The highest BCUT2D eigenvalue weighted by Gasteiger charge is 2.39. The van der Waals surface area contributed by atoms with Crippen molar-refractivity contribution in [2.24, 2.45) is 5.41 Å². The van der Waals surface area contributed by atoms with Gasteiger partial charge in [0.15, 0.2) is 8.32 Å². The number of rotatable bonds is 16. The molecule has 0 aliphatic carbocycles. The molecule has 0 aliphatic rings. The van der Waals surface area contributed by atoms with Gasteiger partial charge in [-0.05, 0) is 104 Å². The van der Waals surface area contributed by atoms with Crippen LogP contribution in [0.2, 0.25) is 18.6 Å². The van der Waals surface area contributed by atoms with Gasteiger partial charge in [-0.2, -0.15) is 0 Å². The Labute approximate surface area is 166 Å². The van der Waals surface area contributed by atoms with Crippen LogP contribution in [0.15, 0.2) is 0 Å². The van der Waals surface area contributed by atoms with E-state index in [0.717, 1.165) is 19.6 Å². The lowest BCUT2D eigenvalue weighted by molar-refractivity contribution is 0.154. The molecule has 0 saturated carbocycles. The quantitative estimate of drug-likeness (QED) is 0.369. The van der Waals surface area contributed by atoms with Gasteiger partial charge in [0.25, 0.3) is 0 Å². The minimum atomic E-state index is -1.63. The molecule has 0 aromatic carbocycles. The number of nitrogens with zero attached hydrogens (tertiary/aromatic N) is 3. The normalized spacial score (nSPS) is 15.2. The second kappa shape index (κ2) is 13.3. The molecule has 0 aliphatic heterocycles. The van der Waals surface area contributed by atoms with Gasteiger partial charge < -0.3 is 19.1 Å². The van der Waals surface area contributed by atoms with Gasteiger partial charge in [-0.25, -0.2) is 0 Å². The Morgan fingerprint density at radius 3 is 1.31 bits per heavy atom. The maximum absolute atomic E-state index is 6.14. The molecule has 0 saturated heterocycles. The van der Waals surface area contributed by atoms with Crippen molar-refractivity contribution in [3.63, 3.8) is 0 Å². The minimum absolute atomic E-state index is 0.392. The first-order valence-corrected chi connectivity index (χ1v) is 13.6. The van der Waals surface area contributed by atoms with Gasteiger partial charge in [0, 0.05) is 7.11 Å². The lowest BCUT2D eigenvalue weighted by Gasteiger charge is -2.42. The van der Waals surface area contributed by atoms with Crippen LogP contribution < -0.4 is 0 Å². The van der Waals surface area contributed by atoms with Crippen molar-refractivity contribution >= 4 is 8.32 Å². The van der Waals surface area contributed by atoms with E-state index >= 15 is 0 Å². The van der Waals surface area contributed by atoms with E-state index < -0.39 is 8.32 Å². The standard InChI is InChI=1S/C21H49N3OSi/c1-10-22(5)17-14-21(15-18-23(6)11-2,16-19-24(7)12-3)20-26(9,13-4)25-8/h10-20H2,1-9H3. The van der Waals surface area contributed by atoms with Crippen molar-refractivity contribution in [1.82, 2.24) is 14.7 Å². The van der Waals surface area contributed by atoms with Crippen LogP contribution in [0.25, 0.3) is 0 Å². The second-order valence-corrected chi connectivity index (χ2v) is 13.0. The summed E-state index contributed by atoms with van der Waals surface area (Å²) in [5.74, 6) is 0. The summed E-state index contributed by atoms with van der Waals surface area (Å²) in [7, 11) is 7.09. The SMILES string of the molecule is CCN(C)CCC(CCN(C)CC)(CCN(C)CC)C[Si](C)(CC)OC. The molecular formula is C21H49N3OSi. The van der Waals surface area contributed by atoms with Gasteiger partial charge >= 0.3 is 0 Å². The Balaban J connectivity index is 5.47. The van der Waals surface area contributed by atoms with Crippen molar-refractivity contribution in [3.8, 4) is 0 Å². The third kappa shape index (κ3) is 9.84. The van der Waals surface area contributed by atoms with E-state index in [9.17, 15) is 0 Å². The van der Waals surface area contributed by atoms with E-state index in [2.05, 4.69) is 70.1 Å². The number of hydrogen-bond donors (Lipinski definition) is 0. The lowest BCUT2D eigenvalue weighted by Crippen LogP contribution is -2.43. The minimum Gasteiger partial charge on any atom is -0.420 e. The van der Waals surface area contributed by atoms with Crippen LogP contribution in [0.1, 0.15) is 47.0 Å². The van der Waals surface area contributed by atoms with E-state index in [4.69, 9.17) is 4.43 Å². The van der Waals surface area contributed by atoms with Crippen molar-refractivity contribution in [2.75, 3.05) is 67.5 Å². The summed E-state index contributed by atoms with van der Waals surface area (Å²) in [6.45, 7) is 18.5. The fourth-order valence-electron chi connectivity index (χ4n) is 3.53. The molecule has 5 heteroatoms. The predicted molar refractivity (Wildman–Crippen MR) is 120 cm³/mol. The van der Waals surface area contributed by atoms with Crippen molar-refractivity contribution in [1.29, 1.82) is 0 Å². The van der Waals surface area contributed by atoms with Crippen LogP contribution in [0.3, 0.4) is 0 Å². The Hall–Kier alpha value is 0.0569. The molecule has 0 spiro atoms. The fraction of sp³-hybridized carbons (Fsp3) is 1.00. The molecule has 1 unspecified atom stereocenters. The van der Waals surface area contributed by atoms with Crippen molar-refractivity contribution in [2.45, 2.75) is 65.6 Å². The van der Waals surface area contributed by atoms with Crippen LogP contribution in [-0.4, -0.2) is 90.5 Å². The summed E-state index contributed by atoms with van der Waals surface area (Å²) < 4.78 is 6.14. The average molecular weight is 388 g/mol. The second-order valence-electron chi connectivity index (χ2n) is 8.62. The molecule has 158 valence electrons. The summed E-state index contributed by atoms with van der Waals surface area (Å²) in [5, 5.41) is 0. The molecule has 0 amide bonds. The molecule has 26 heavy (non-hydrogen) atoms. The molecular weight excluding hydrogens is 338 g/mol. The Morgan fingerprint density at radius 1 is 0.731 bits per heavy atom. The summed E-state index contributed by atoms with van der Waals surface area (Å²) >= 11 is 0. The van der Waals surface area contributed by atoms with Gasteiger partial charge in [0.05, 0.1) is 0 Å². The zero-order valence-corrected chi connectivity index (χ0v) is 20.5. The third-order valence-electron chi connectivity index (χ3n) is 6.68. The summed E-state index contributed by atoms with van der Waals surface area (Å²) in [6, 6.07) is 2.50. The topological polar surface area (TPSA) is 19.0 Å². The summed E-state index contributed by atoms with van der Waals surface area (Å²) in [4.78, 5) is 7.42. The van der Waals surface area contributed by atoms with E-state index in [1.165, 1.54) is 51.0 Å². The van der Waals surface area contributed by atoms with Gasteiger partial charge in [-0.15, -0.1) is 0 Å². The lowest BCUT2D eigenvalue weighted by atomic mass is 9.79. The first-order chi connectivity index (χ1) is 12.2. The molecule has 0 bridgehead atoms. The number of hydrogen-bond acceptors (Lipinski definition) is 4. The van der Waals surface area contributed by atoms with E-state index in [1.807, 2.05) is 7.11 Å². The largest absolute Gasteiger partial charge is 0.420 e. The van der Waals surface area contributed by atoms with E-state index in [1.54, 1.807) is 0 Å². The maximum Gasteiger partial charge on any atom is 0.189 e. The van der Waals surface area contributed by atoms with Crippen molar-refractivity contribution < 1.29 is 4.43 Å². The molecule has 0 fully saturated rings. The highest BCUT2D eigenvalue weighted by molar-refractivity contribution is 6.72. The zero-order chi connectivity index (χ0) is 20.2. The molecule has 0 heterocycles. The van der Waals surface area contributed by atoms with E-state index in [0.29, 0.717) is 5.41 Å². The highest BCUT2D eigenvalue weighted by atomic mass is 28.4. The Kier molecular flexibility index (Phi) is 13.3. The molecule has 0 aromatic heterocycles. The van der Waals surface area contributed by atoms with Gasteiger partial charge in [-0.1, -0.05) is 27.7 Å². The van der Waals surface area contributed by atoms with Crippen LogP contribution in [-0.2, 0) is 4.43 Å². The zero-order valence-electron chi connectivity index (χ0n) is 19.5. The summed E-state index contributed by atoms with van der Waals surface area (Å²) in [6.07, 6.45) is 3.87. The maximum atomic E-state index is 6.14. The smallest absolute Gasteiger partial charge is 0.189 e. The Morgan fingerprint density at radius 2 is 1.08 bits per heavy atom. The van der Waals surface area contributed by atoms with Crippen LogP contribution >= 0.6 is 0 Å². The molecule has 0 radical (unpaired) electrons. The van der Waals surface area contributed by atoms with Crippen molar-refractivity contribution in [3.05, 3.63) is 0 Å². The molecule has 4 nitrogen and oxygen atoms in total. The van der Waals surface area contributed by atoms with Gasteiger partial charge in [0.1, 0.15) is 0 Å². The third-order valence-corrected chi connectivity index (χ3v) is 10.7. The van der Waals surface area contributed by atoms with Crippen LogP contribution in [0.5, 0.6) is 0 Å². The predicted octanol–water partition coefficient (Wildman–Crippen LogP) is 4.24. The molecule has 1 atom stereocenters. The fourth-order valence-corrected chi connectivity index (χ4v) is 6.33. The first-order valence-electron chi connectivity index (χ1n) is 10.8. The average Bonchev–Trinajstić information content (AvgIpc) is 2.67. The summed E-state index contributed by atoms with van der Waals surface area (Å²) in [5.41, 5.74) is 0.392. The molecule has 0 aromatic rings. The van der Waals surface area contributed by atoms with E-state index in [-0.39, 0.29) is 0 Å². The van der Waals surface area contributed by atoms with Gasteiger partial charge in [0.2, 0.25) is 0 Å².